The molecule has 21 heavy (non-hydrogen) atoms. The Morgan fingerprint density at radius 1 is 1.10 bits per heavy atom. The van der Waals surface area contributed by atoms with Gasteiger partial charge in [-0.15, -0.1) is 0 Å². The Kier molecular flexibility index (Phi) is 6.94. The van der Waals surface area contributed by atoms with Crippen LogP contribution >= 0.6 is 0 Å². The highest BCUT2D eigenvalue weighted by Gasteiger charge is 2.18. The second kappa shape index (κ2) is 8.21. The second-order valence-corrected chi connectivity index (χ2v) is 6.98. The Balaban J connectivity index is 2.82. The molecule has 0 saturated heterocycles. The van der Waals surface area contributed by atoms with Crippen molar-refractivity contribution in [3.63, 3.8) is 0 Å². The summed E-state index contributed by atoms with van der Waals surface area (Å²) < 4.78 is 0. The number of hydrogen-bond acceptors (Lipinski definition) is 1. The lowest BCUT2D eigenvalue weighted by Crippen LogP contribution is -2.15. The van der Waals surface area contributed by atoms with E-state index in [0.717, 1.165) is 12.0 Å². The van der Waals surface area contributed by atoms with Crippen LogP contribution in [0.5, 0.6) is 0 Å². The van der Waals surface area contributed by atoms with Crippen LogP contribution < -0.4 is 0 Å². The summed E-state index contributed by atoms with van der Waals surface area (Å²) in [5, 5.41) is 8.96. The third-order valence-electron chi connectivity index (χ3n) is 3.88. The van der Waals surface area contributed by atoms with Crippen molar-refractivity contribution in [2.75, 3.05) is 0 Å². The van der Waals surface area contributed by atoms with Crippen LogP contribution in [0, 0.1) is 0 Å². The molecule has 0 aromatic heterocycles. The van der Waals surface area contributed by atoms with Crippen molar-refractivity contribution in [3.05, 3.63) is 34.9 Å². The van der Waals surface area contributed by atoms with Gasteiger partial charge < -0.3 is 5.11 Å². The largest absolute Gasteiger partial charge is 0.481 e. The quantitative estimate of drug-likeness (QED) is 0.674. The minimum atomic E-state index is -0.757. The number of carboxylic acids is 1. The fraction of sp³-hybridized carbons (Fsp3) is 0.632. The van der Waals surface area contributed by atoms with E-state index in [-0.39, 0.29) is 11.8 Å². The van der Waals surface area contributed by atoms with Crippen molar-refractivity contribution < 1.29 is 9.90 Å². The molecule has 0 heterocycles. The molecule has 0 fully saturated rings. The van der Waals surface area contributed by atoms with Gasteiger partial charge in [-0.2, -0.15) is 0 Å². The topological polar surface area (TPSA) is 37.3 Å². The van der Waals surface area contributed by atoms with E-state index in [1.165, 1.54) is 43.2 Å². The average molecular weight is 290 g/mol. The molecule has 0 radical (unpaired) electrons. The monoisotopic (exact) mass is 290 g/mol. The number of carbonyl (C=O) groups is 1. The first-order valence-corrected chi connectivity index (χ1v) is 8.18. The maximum Gasteiger partial charge on any atom is 0.307 e. The maximum absolute atomic E-state index is 10.9. The van der Waals surface area contributed by atoms with E-state index in [4.69, 9.17) is 5.11 Å². The molecule has 1 N–H and O–H groups in total. The van der Waals surface area contributed by atoms with Crippen molar-refractivity contribution >= 4 is 5.97 Å². The van der Waals surface area contributed by atoms with Crippen LogP contribution in [-0.4, -0.2) is 11.1 Å². The lowest BCUT2D eigenvalue weighted by molar-refractivity contribution is -0.136. The summed E-state index contributed by atoms with van der Waals surface area (Å²) >= 11 is 0. The average Bonchev–Trinajstić information content (AvgIpc) is 2.36. The minimum absolute atomic E-state index is 0.112. The van der Waals surface area contributed by atoms with E-state index in [1.54, 1.807) is 0 Å². The summed E-state index contributed by atoms with van der Waals surface area (Å²) in [6.07, 6.45) is 7.51. The zero-order valence-corrected chi connectivity index (χ0v) is 14.0. The second-order valence-electron chi connectivity index (χ2n) is 6.98. The fourth-order valence-electron chi connectivity index (χ4n) is 2.79. The first-order valence-electron chi connectivity index (χ1n) is 8.18. The van der Waals surface area contributed by atoms with Crippen LogP contribution in [-0.2, 0) is 23.1 Å². The van der Waals surface area contributed by atoms with Gasteiger partial charge in [-0.1, -0.05) is 71.6 Å². The molecule has 0 atom stereocenters. The summed E-state index contributed by atoms with van der Waals surface area (Å²) in [5.41, 5.74) is 3.71. The molecule has 0 spiro atoms. The van der Waals surface area contributed by atoms with Crippen LogP contribution in [0.1, 0.15) is 76.5 Å². The van der Waals surface area contributed by atoms with Crippen molar-refractivity contribution in [1.29, 1.82) is 0 Å². The van der Waals surface area contributed by atoms with Crippen LogP contribution in [0.25, 0.3) is 0 Å². The standard InChI is InChI=1S/C19H30O2/c1-5-6-7-8-9-10-16-13-15(14-18(20)21)11-12-17(16)19(2,3)4/h11-13H,5-10,14H2,1-4H3,(H,20,21). The molecule has 0 saturated carbocycles. The molecule has 0 unspecified atom stereocenters. The molecule has 0 aliphatic carbocycles. The molecule has 2 heteroatoms. The molecule has 1 rings (SSSR count). The lowest BCUT2D eigenvalue weighted by atomic mass is 9.81. The van der Waals surface area contributed by atoms with Gasteiger partial charge >= 0.3 is 5.97 Å². The fourth-order valence-corrected chi connectivity index (χ4v) is 2.79. The Morgan fingerprint density at radius 3 is 2.33 bits per heavy atom. The number of benzene rings is 1. The number of rotatable bonds is 8. The predicted molar refractivity (Wildman–Crippen MR) is 88.9 cm³/mol. The molecule has 118 valence electrons. The Labute approximate surface area is 129 Å². The number of carboxylic acid groups (broad SMARTS) is 1. The zero-order chi connectivity index (χ0) is 15.9. The molecule has 2 nitrogen and oxygen atoms in total. The number of hydrogen-bond donors (Lipinski definition) is 1. The normalized spacial score (nSPS) is 11.6. The predicted octanol–water partition coefficient (Wildman–Crippen LogP) is 5.12. The molecule has 0 amide bonds. The highest BCUT2D eigenvalue weighted by atomic mass is 16.4. The molecular weight excluding hydrogens is 260 g/mol. The Hall–Kier alpha value is -1.31. The highest BCUT2D eigenvalue weighted by molar-refractivity contribution is 5.70. The van der Waals surface area contributed by atoms with Gasteiger partial charge in [-0.3, -0.25) is 4.79 Å². The Morgan fingerprint density at radius 2 is 1.76 bits per heavy atom. The smallest absolute Gasteiger partial charge is 0.307 e. The van der Waals surface area contributed by atoms with Crippen molar-refractivity contribution in [1.82, 2.24) is 0 Å². The van der Waals surface area contributed by atoms with E-state index in [0.29, 0.717) is 0 Å². The summed E-state index contributed by atoms with van der Waals surface area (Å²) in [4.78, 5) is 10.9. The van der Waals surface area contributed by atoms with E-state index in [2.05, 4.69) is 39.8 Å². The number of unbranched alkanes of at least 4 members (excludes halogenated alkanes) is 4. The molecule has 1 aromatic rings. The summed E-state index contributed by atoms with van der Waals surface area (Å²) in [6.45, 7) is 8.90. The lowest BCUT2D eigenvalue weighted by Gasteiger charge is -2.23. The number of aliphatic carboxylic acids is 1. The van der Waals surface area contributed by atoms with E-state index < -0.39 is 5.97 Å². The molecule has 0 bridgehead atoms. The van der Waals surface area contributed by atoms with E-state index >= 15 is 0 Å². The van der Waals surface area contributed by atoms with Crippen molar-refractivity contribution in [2.24, 2.45) is 0 Å². The van der Waals surface area contributed by atoms with Crippen molar-refractivity contribution in [2.45, 2.75) is 78.1 Å². The van der Waals surface area contributed by atoms with Gasteiger partial charge in [0, 0.05) is 0 Å². The third kappa shape index (κ3) is 6.33. The maximum atomic E-state index is 10.9. The summed E-state index contributed by atoms with van der Waals surface area (Å²) in [5.74, 6) is -0.757. The third-order valence-corrected chi connectivity index (χ3v) is 3.88. The first-order chi connectivity index (χ1) is 9.84. The first kappa shape index (κ1) is 17.7. The van der Waals surface area contributed by atoms with Gasteiger partial charge in [0.25, 0.3) is 0 Å². The summed E-state index contributed by atoms with van der Waals surface area (Å²) in [7, 11) is 0. The van der Waals surface area contributed by atoms with Gasteiger partial charge in [-0.25, -0.2) is 0 Å². The molecular formula is C19H30O2. The number of aryl methyl sites for hydroxylation is 1. The molecule has 1 aromatic carbocycles. The van der Waals surface area contributed by atoms with Crippen molar-refractivity contribution in [3.8, 4) is 0 Å². The Bertz CT molecular complexity index is 455. The van der Waals surface area contributed by atoms with Crippen LogP contribution in [0.3, 0.4) is 0 Å². The summed E-state index contributed by atoms with van der Waals surface area (Å²) in [6, 6.07) is 6.20. The van der Waals surface area contributed by atoms with E-state index in [9.17, 15) is 4.79 Å². The highest BCUT2D eigenvalue weighted by Crippen LogP contribution is 2.28. The zero-order valence-electron chi connectivity index (χ0n) is 14.0. The van der Waals surface area contributed by atoms with Gasteiger partial charge in [0.1, 0.15) is 0 Å². The van der Waals surface area contributed by atoms with Crippen LogP contribution in [0.2, 0.25) is 0 Å². The molecule has 0 aliphatic heterocycles. The van der Waals surface area contributed by atoms with Crippen LogP contribution in [0.15, 0.2) is 18.2 Å². The molecule has 0 aliphatic rings. The van der Waals surface area contributed by atoms with Gasteiger partial charge in [0.2, 0.25) is 0 Å². The van der Waals surface area contributed by atoms with E-state index in [1.807, 2.05) is 6.07 Å². The van der Waals surface area contributed by atoms with Gasteiger partial charge in [0.15, 0.2) is 0 Å². The van der Waals surface area contributed by atoms with Gasteiger partial charge in [0.05, 0.1) is 6.42 Å². The minimum Gasteiger partial charge on any atom is -0.481 e. The van der Waals surface area contributed by atoms with Crippen LogP contribution in [0.4, 0.5) is 0 Å². The SMILES string of the molecule is CCCCCCCc1cc(CC(=O)O)ccc1C(C)(C)C. The van der Waals surface area contributed by atoms with Gasteiger partial charge in [-0.05, 0) is 34.9 Å².